The molecule has 1 atom stereocenters. The number of aryl methyl sites for hydroxylation is 2. The Morgan fingerprint density at radius 1 is 1.44 bits per heavy atom. The van der Waals surface area contributed by atoms with Gasteiger partial charge in [-0.15, -0.1) is 0 Å². The number of aliphatic hydroxyl groups is 1. The fourth-order valence-electron chi connectivity index (χ4n) is 1.71. The van der Waals surface area contributed by atoms with Gasteiger partial charge in [0.2, 0.25) is 0 Å². The zero-order chi connectivity index (χ0) is 12.0. The van der Waals surface area contributed by atoms with Crippen LogP contribution in [0.1, 0.15) is 36.7 Å². The van der Waals surface area contributed by atoms with E-state index in [0.717, 1.165) is 37.3 Å². The number of aliphatic hydroxyl groups excluding tert-OH is 1. The van der Waals surface area contributed by atoms with Crippen LogP contribution in [0.15, 0.2) is 0 Å². The maximum atomic E-state index is 8.88. The van der Waals surface area contributed by atoms with Gasteiger partial charge in [-0.05, 0) is 39.2 Å². The average Bonchev–Trinajstić information content (AvgIpc) is 2.59. The van der Waals surface area contributed by atoms with Crippen molar-refractivity contribution in [3.05, 3.63) is 17.0 Å². The lowest BCUT2D eigenvalue weighted by Gasteiger charge is -2.08. The summed E-state index contributed by atoms with van der Waals surface area (Å²) in [4.78, 5) is 0. The van der Waals surface area contributed by atoms with Crippen molar-refractivity contribution >= 4 is 0 Å². The zero-order valence-corrected chi connectivity index (χ0v) is 10.5. The SMILES string of the molecule is Cc1n[nH]c(C)c1CNCCCC(C)CO. The summed E-state index contributed by atoms with van der Waals surface area (Å²) in [5.41, 5.74) is 3.50. The summed E-state index contributed by atoms with van der Waals surface area (Å²) in [6.45, 7) is 8.31. The first kappa shape index (κ1) is 13.2. The molecule has 1 aromatic heterocycles. The van der Waals surface area contributed by atoms with Crippen LogP contribution < -0.4 is 5.32 Å². The molecule has 0 bridgehead atoms. The van der Waals surface area contributed by atoms with Crippen LogP contribution in [-0.2, 0) is 6.54 Å². The summed E-state index contributed by atoms with van der Waals surface area (Å²) in [7, 11) is 0. The van der Waals surface area contributed by atoms with Gasteiger partial charge in [-0.3, -0.25) is 5.10 Å². The summed E-state index contributed by atoms with van der Waals surface area (Å²) < 4.78 is 0. The van der Waals surface area contributed by atoms with Gasteiger partial charge in [0.15, 0.2) is 0 Å². The molecule has 0 aliphatic rings. The van der Waals surface area contributed by atoms with E-state index in [1.165, 1.54) is 5.56 Å². The normalized spacial score (nSPS) is 13.0. The highest BCUT2D eigenvalue weighted by molar-refractivity contribution is 5.22. The lowest BCUT2D eigenvalue weighted by Crippen LogP contribution is -2.16. The van der Waals surface area contributed by atoms with E-state index >= 15 is 0 Å². The van der Waals surface area contributed by atoms with Crippen LogP contribution in [0.5, 0.6) is 0 Å². The highest BCUT2D eigenvalue weighted by Gasteiger charge is 2.05. The number of hydrogen-bond donors (Lipinski definition) is 3. The quantitative estimate of drug-likeness (QED) is 0.617. The van der Waals surface area contributed by atoms with E-state index in [4.69, 9.17) is 5.11 Å². The van der Waals surface area contributed by atoms with Crippen LogP contribution in [0.3, 0.4) is 0 Å². The first-order valence-electron chi connectivity index (χ1n) is 5.97. The topological polar surface area (TPSA) is 60.9 Å². The summed E-state index contributed by atoms with van der Waals surface area (Å²) in [5, 5.41) is 19.4. The Balaban J connectivity index is 2.16. The molecule has 4 nitrogen and oxygen atoms in total. The molecule has 0 amide bonds. The van der Waals surface area contributed by atoms with Gasteiger partial charge in [-0.2, -0.15) is 5.10 Å². The second-order valence-corrected chi connectivity index (χ2v) is 4.52. The summed E-state index contributed by atoms with van der Waals surface area (Å²) in [6.07, 6.45) is 2.19. The smallest absolute Gasteiger partial charge is 0.0638 e. The first-order chi connectivity index (χ1) is 7.65. The third-order valence-corrected chi connectivity index (χ3v) is 2.94. The third-order valence-electron chi connectivity index (χ3n) is 2.94. The largest absolute Gasteiger partial charge is 0.396 e. The number of hydrogen-bond acceptors (Lipinski definition) is 3. The monoisotopic (exact) mass is 225 g/mol. The van der Waals surface area contributed by atoms with Crippen LogP contribution in [-0.4, -0.2) is 28.5 Å². The highest BCUT2D eigenvalue weighted by atomic mass is 16.3. The molecule has 1 rings (SSSR count). The molecule has 0 saturated heterocycles. The summed E-state index contributed by atoms with van der Waals surface area (Å²) in [6, 6.07) is 0. The van der Waals surface area contributed by atoms with Gasteiger partial charge in [-0.25, -0.2) is 0 Å². The minimum atomic E-state index is 0.292. The van der Waals surface area contributed by atoms with Crippen molar-refractivity contribution in [2.24, 2.45) is 5.92 Å². The maximum absolute atomic E-state index is 8.88. The Kier molecular flexibility index (Phi) is 5.49. The first-order valence-corrected chi connectivity index (χ1v) is 5.97. The summed E-state index contributed by atoms with van der Waals surface area (Å²) >= 11 is 0. The van der Waals surface area contributed by atoms with Gasteiger partial charge < -0.3 is 10.4 Å². The second-order valence-electron chi connectivity index (χ2n) is 4.52. The van der Waals surface area contributed by atoms with Crippen LogP contribution >= 0.6 is 0 Å². The van der Waals surface area contributed by atoms with Crippen molar-refractivity contribution in [1.82, 2.24) is 15.5 Å². The predicted molar refractivity (Wildman–Crippen MR) is 65.3 cm³/mol. The molecule has 1 heterocycles. The van der Waals surface area contributed by atoms with E-state index in [2.05, 4.69) is 22.4 Å². The standard InChI is InChI=1S/C12H23N3O/c1-9(8-16)5-4-6-13-7-12-10(2)14-15-11(12)3/h9,13,16H,4-8H2,1-3H3,(H,14,15). The molecule has 0 aliphatic carbocycles. The van der Waals surface area contributed by atoms with Gasteiger partial charge in [0.05, 0.1) is 5.69 Å². The minimum absolute atomic E-state index is 0.292. The van der Waals surface area contributed by atoms with Crippen LogP contribution in [0, 0.1) is 19.8 Å². The van der Waals surface area contributed by atoms with E-state index in [9.17, 15) is 0 Å². The van der Waals surface area contributed by atoms with Crippen molar-refractivity contribution in [3.63, 3.8) is 0 Å². The van der Waals surface area contributed by atoms with Gasteiger partial charge in [0.1, 0.15) is 0 Å². The lowest BCUT2D eigenvalue weighted by atomic mass is 10.1. The van der Waals surface area contributed by atoms with Crippen LogP contribution in [0.2, 0.25) is 0 Å². The Morgan fingerprint density at radius 2 is 2.19 bits per heavy atom. The Labute approximate surface area is 97.5 Å². The minimum Gasteiger partial charge on any atom is -0.396 e. The number of aromatic nitrogens is 2. The number of nitrogens with one attached hydrogen (secondary N) is 2. The van der Waals surface area contributed by atoms with E-state index in [1.807, 2.05) is 13.8 Å². The maximum Gasteiger partial charge on any atom is 0.0638 e. The Hall–Kier alpha value is -0.870. The molecule has 3 N–H and O–H groups in total. The molecule has 92 valence electrons. The van der Waals surface area contributed by atoms with Gasteiger partial charge in [0, 0.05) is 24.4 Å². The van der Waals surface area contributed by atoms with Crippen molar-refractivity contribution in [3.8, 4) is 0 Å². The molecule has 1 aromatic rings. The lowest BCUT2D eigenvalue weighted by molar-refractivity contribution is 0.228. The number of nitrogens with zero attached hydrogens (tertiary/aromatic N) is 1. The van der Waals surface area contributed by atoms with Crippen LogP contribution in [0.4, 0.5) is 0 Å². The number of H-pyrrole nitrogens is 1. The van der Waals surface area contributed by atoms with Gasteiger partial charge in [0.25, 0.3) is 0 Å². The summed E-state index contributed by atoms with van der Waals surface area (Å²) in [5.74, 6) is 0.416. The fourth-order valence-corrected chi connectivity index (χ4v) is 1.71. The third kappa shape index (κ3) is 3.94. The number of rotatable bonds is 7. The molecule has 1 unspecified atom stereocenters. The zero-order valence-electron chi connectivity index (χ0n) is 10.5. The van der Waals surface area contributed by atoms with Crippen molar-refractivity contribution in [2.75, 3.05) is 13.2 Å². The van der Waals surface area contributed by atoms with Gasteiger partial charge in [-0.1, -0.05) is 6.92 Å². The molecule has 0 radical (unpaired) electrons. The van der Waals surface area contributed by atoms with Crippen LogP contribution in [0.25, 0.3) is 0 Å². The molecule has 0 saturated carbocycles. The molecular formula is C12H23N3O. The van der Waals surface area contributed by atoms with Crippen molar-refractivity contribution in [2.45, 2.75) is 40.2 Å². The molecule has 4 heteroatoms. The highest BCUT2D eigenvalue weighted by Crippen LogP contribution is 2.08. The Morgan fingerprint density at radius 3 is 2.75 bits per heavy atom. The molecule has 0 spiro atoms. The van der Waals surface area contributed by atoms with Crippen molar-refractivity contribution < 1.29 is 5.11 Å². The van der Waals surface area contributed by atoms with Crippen molar-refractivity contribution in [1.29, 1.82) is 0 Å². The van der Waals surface area contributed by atoms with Gasteiger partial charge >= 0.3 is 0 Å². The fraction of sp³-hybridized carbons (Fsp3) is 0.750. The molecule has 0 aliphatic heterocycles. The van der Waals surface area contributed by atoms with E-state index < -0.39 is 0 Å². The Bertz CT molecular complexity index is 290. The average molecular weight is 225 g/mol. The molecule has 0 aromatic carbocycles. The predicted octanol–water partition coefficient (Wildman–Crippen LogP) is 1.52. The van der Waals surface area contributed by atoms with E-state index in [1.54, 1.807) is 0 Å². The second kappa shape index (κ2) is 6.66. The van der Waals surface area contributed by atoms with E-state index in [0.29, 0.717) is 12.5 Å². The molecular weight excluding hydrogens is 202 g/mol. The molecule has 0 fully saturated rings. The van der Waals surface area contributed by atoms with E-state index in [-0.39, 0.29) is 0 Å². The number of aromatic amines is 1. The molecule has 16 heavy (non-hydrogen) atoms.